The summed E-state index contributed by atoms with van der Waals surface area (Å²) in [5, 5.41) is 9.17. The minimum atomic E-state index is -4.44. The van der Waals surface area contributed by atoms with Crippen LogP contribution < -0.4 is 29.6 Å². The van der Waals surface area contributed by atoms with E-state index in [0.717, 1.165) is 0 Å². The minimum absolute atomic E-state index is 0. The van der Waals surface area contributed by atoms with Crippen LogP contribution >= 0.6 is 0 Å². The fourth-order valence-electron chi connectivity index (χ4n) is 0.810. The summed E-state index contributed by atoms with van der Waals surface area (Å²) < 4.78 is 36.0. The first kappa shape index (κ1) is 18.7. The zero-order chi connectivity index (χ0) is 12.1. The van der Waals surface area contributed by atoms with Crippen molar-refractivity contribution in [3.05, 3.63) is 0 Å². The third kappa shape index (κ3) is 8.53. The van der Waals surface area contributed by atoms with Gasteiger partial charge in [-0.05, 0) is 13.3 Å². The Morgan fingerprint density at radius 2 is 2.12 bits per heavy atom. The number of aliphatic hydroxyl groups excluding tert-OH is 1. The molecule has 0 aliphatic rings. The Hall–Kier alpha value is 0.390. The molecule has 0 saturated carbocycles. The van der Waals surface area contributed by atoms with Crippen molar-refractivity contribution in [2.24, 2.45) is 0 Å². The van der Waals surface area contributed by atoms with Crippen molar-refractivity contribution >= 4 is 10.1 Å². The van der Waals surface area contributed by atoms with Gasteiger partial charge in [0.1, 0.15) is 5.60 Å². The molecule has 0 aromatic heterocycles. The Bertz CT molecular complexity index is 334. The van der Waals surface area contributed by atoms with Crippen LogP contribution in [0.15, 0.2) is 0 Å². The van der Waals surface area contributed by atoms with Crippen molar-refractivity contribution in [3.63, 3.8) is 0 Å². The minimum Gasteiger partial charge on any atom is -0.748 e. The van der Waals surface area contributed by atoms with Gasteiger partial charge < -0.3 is 14.4 Å². The second-order valence-electron chi connectivity index (χ2n) is 3.42. The van der Waals surface area contributed by atoms with Crippen LogP contribution in [0.4, 0.5) is 0 Å². The van der Waals surface area contributed by atoms with E-state index in [1.807, 2.05) is 0 Å². The zero-order valence-electron chi connectivity index (χ0n) is 9.76. The zero-order valence-corrected chi connectivity index (χ0v) is 12.6. The first-order valence-electron chi connectivity index (χ1n) is 4.46. The maximum atomic E-state index is 10.3. The summed E-state index contributed by atoms with van der Waals surface area (Å²) in [6, 6.07) is 0. The fourth-order valence-corrected chi connectivity index (χ4v) is 1.38. The predicted molar refractivity (Wildman–Crippen MR) is 54.1 cm³/mol. The van der Waals surface area contributed by atoms with Gasteiger partial charge in [-0.25, -0.2) is 8.42 Å². The molecule has 2 unspecified atom stereocenters. The Labute approximate surface area is 119 Å². The smallest absolute Gasteiger partial charge is 0.748 e. The molecule has 0 saturated heterocycles. The Morgan fingerprint density at radius 1 is 1.62 bits per heavy atom. The van der Waals surface area contributed by atoms with Crippen LogP contribution in [0, 0.1) is 12.3 Å². The van der Waals surface area contributed by atoms with Gasteiger partial charge in [0.15, 0.2) is 0 Å². The molecule has 0 aromatic rings. The summed E-state index contributed by atoms with van der Waals surface area (Å²) in [5.74, 6) is 1.52. The molecule has 0 amide bonds. The van der Waals surface area contributed by atoms with Gasteiger partial charge in [-0.2, -0.15) is 0 Å². The Balaban J connectivity index is 0. The van der Waals surface area contributed by atoms with Crippen LogP contribution in [-0.4, -0.2) is 42.1 Å². The van der Waals surface area contributed by atoms with Crippen molar-refractivity contribution < 1.29 is 52.4 Å². The number of ether oxygens (including phenoxy) is 1. The maximum absolute atomic E-state index is 10.3. The molecule has 0 heterocycles. The molecule has 16 heavy (non-hydrogen) atoms. The SMILES string of the molecule is C#CC(C)(CC)OCC(O)CS(=O)(=O)[O-].[Na+]. The molecule has 0 rings (SSSR count). The largest absolute Gasteiger partial charge is 1.00 e. The van der Waals surface area contributed by atoms with E-state index in [1.165, 1.54) is 0 Å². The molecule has 0 aliphatic carbocycles. The van der Waals surface area contributed by atoms with Crippen LogP contribution in [0.3, 0.4) is 0 Å². The average Bonchev–Trinajstić information content (AvgIpc) is 2.12. The summed E-state index contributed by atoms with van der Waals surface area (Å²) in [6.07, 6.45) is 4.38. The van der Waals surface area contributed by atoms with Crippen molar-refractivity contribution in [3.8, 4) is 12.3 Å². The molecule has 1 N–H and O–H groups in total. The van der Waals surface area contributed by atoms with E-state index >= 15 is 0 Å². The monoisotopic (exact) mass is 258 g/mol. The molecule has 0 aliphatic heterocycles. The number of terminal acetylenes is 1. The van der Waals surface area contributed by atoms with Crippen molar-refractivity contribution in [1.82, 2.24) is 0 Å². The van der Waals surface area contributed by atoms with Crippen molar-refractivity contribution in [2.45, 2.75) is 32.0 Å². The molecule has 0 bridgehead atoms. The number of hydrogen-bond donors (Lipinski definition) is 1. The summed E-state index contributed by atoms with van der Waals surface area (Å²) in [7, 11) is -4.44. The van der Waals surface area contributed by atoms with Crippen LogP contribution in [0.2, 0.25) is 0 Å². The number of aliphatic hydroxyl groups is 1. The van der Waals surface area contributed by atoms with E-state index < -0.39 is 27.6 Å². The first-order valence-corrected chi connectivity index (χ1v) is 6.03. The third-order valence-electron chi connectivity index (χ3n) is 1.97. The number of rotatable bonds is 6. The van der Waals surface area contributed by atoms with E-state index in [9.17, 15) is 13.0 Å². The maximum Gasteiger partial charge on any atom is 1.00 e. The standard InChI is InChI=1S/C9H16O5S.Na/c1-4-9(3,5-2)14-6-8(10)7-15(11,12)13;/h1,8,10H,5-7H2,2-3H3,(H,11,12,13);/q;+1/p-1. The van der Waals surface area contributed by atoms with Gasteiger partial charge in [-0.3, -0.25) is 0 Å². The molecule has 5 nitrogen and oxygen atoms in total. The summed E-state index contributed by atoms with van der Waals surface area (Å²) >= 11 is 0. The molecule has 0 spiro atoms. The summed E-state index contributed by atoms with van der Waals surface area (Å²) in [6.45, 7) is 3.18. The second kappa shape index (κ2) is 7.67. The normalized spacial score (nSPS) is 16.7. The van der Waals surface area contributed by atoms with Crippen LogP contribution in [0.5, 0.6) is 0 Å². The predicted octanol–water partition coefficient (Wildman–Crippen LogP) is -3.28. The Kier molecular flexibility index (Phi) is 8.98. The Morgan fingerprint density at radius 3 is 2.44 bits per heavy atom. The van der Waals surface area contributed by atoms with Gasteiger partial charge in [0.2, 0.25) is 0 Å². The van der Waals surface area contributed by atoms with Crippen LogP contribution in [-0.2, 0) is 14.9 Å². The molecule has 0 radical (unpaired) electrons. The van der Waals surface area contributed by atoms with E-state index in [0.29, 0.717) is 6.42 Å². The molecule has 0 fully saturated rings. The van der Waals surface area contributed by atoms with Gasteiger partial charge in [0.25, 0.3) is 0 Å². The van der Waals surface area contributed by atoms with E-state index in [-0.39, 0.29) is 36.2 Å². The van der Waals surface area contributed by atoms with Gasteiger partial charge in [0, 0.05) is 0 Å². The molecular formula is C9H15NaO5S. The molecule has 0 aromatic carbocycles. The van der Waals surface area contributed by atoms with Crippen LogP contribution in [0.25, 0.3) is 0 Å². The molecule has 2 atom stereocenters. The van der Waals surface area contributed by atoms with E-state index in [2.05, 4.69) is 5.92 Å². The van der Waals surface area contributed by atoms with Gasteiger partial charge in [0.05, 0.1) is 28.6 Å². The molecular weight excluding hydrogens is 243 g/mol. The third-order valence-corrected chi connectivity index (χ3v) is 2.76. The molecule has 88 valence electrons. The summed E-state index contributed by atoms with van der Waals surface area (Å²) in [4.78, 5) is 0. The molecule has 7 heteroatoms. The van der Waals surface area contributed by atoms with Gasteiger partial charge in [-0.15, -0.1) is 6.42 Å². The topological polar surface area (TPSA) is 86.7 Å². The van der Waals surface area contributed by atoms with Gasteiger partial charge >= 0.3 is 29.6 Å². The first-order chi connectivity index (χ1) is 6.72. The van der Waals surface area contributed by atoms with Crippen LogP contribution in [0.1, 0.15) is 20.3 Å². The fraction of sp³-hybridized carbons (Fsp3) is 0.778. The van der Waals surface area contributed by atoms with Crippen molar-refractivity contribution in [2.75, 3.05) is 12.4 Å². The second-order valence-corrected chi connectivity index (χ2v) is 4.87. The van der Waals surface area contributed by atoms with Gasteiger partial charge in [-0.1, -0.05) is 12.8 Å². The van der Waals surface area contributed by atoms with Crippen molar-refractivity contribution in [1.29, 1.82) is 0 Å². The number of hydrogen-bond acceptors (Lipinski definition) is 5. The quantitative estimate of drug-likeness (QED) is 0.307. The average molecular weight is 258 g/mol. The summed E-state index contributed by atoms with van der Waals surface area (Å²) in [5.41, 5.74) is -0.840. The van der Waals surface area contributed by atoms with E-state index in [4.69, 9.17) is 16.3 Å². The van der Waals surface area contributed by atoms with E-state index in [1.54, 1.807) is 13.8 Å².